The summed E-state index contributed by atoms with van der Waals surface area (Å²) in [7, 11) is 0. The molecular formula is C19H33N3O2S. The largest absolute Gasteiger partial charge is 0.333 e. The fourth-order valence-corrected chi connectivity index (χ4v) is 3.46. The number of aryl methyl sites for hydroxylation is 1. The summed E-state index contributed by atoms with van der Waals surface area (Å²) in [6.07, 6.45) is 8.72. The van der Waals surface area contributed by atoms with Gasteiger partial charge in [-0.3, -0.25) is 9.59 Å². The minimum absolute atomic E-state index is 0.0245. The highest BCUT2D eigenvalue weighted by molar-refractivity contribution is 7.15. The minimum atomic E-state index is -0.162. The molecule has 2 amide bonds. The van der Waals surface area contributed by atoms with Gasteiger partial charge in [-0.2, -0.15) is 0 Å². The number of rotatable bonds is 12. The molecule has 1 N–H and O–H groups in total. The molecule has 0 spiro atoms. The number of unbranched alkanes of at least 4 members (excludes halogenated alkanes) is 3. The zero-order chi connectivity index (χ0) is 18.7. The molecule has 0 saturated heterocycles. The Morgan fingerprint density at radius 2 is 1.92 bits per heavy atom. The highest BCUT2D eigenvalue weighted by Gasteiger charge is 2.24. The Morgan fingerprint density at radius 1 is 1.20 bits per heavy atom. The predicted octanol–water partition coefficient (Wildman–Crippen LogP) is 4.63. The fourth-order valence-electron chi connectivity index (χ4n) is 2.78. The van der Waals surface area contributed by atoms with Crippen LogP contribution < -0.4 is 5.32 Å². The number of hydrogen-bond acceptors (Lipinski definition) is 4. The standard InChI is InChI=1S/C19H33N3O2S/c1-5-8-10-12-22(18(24)16(7-3)11-9-6-2)14-17(23)21-19-20-13-15(4)25-19/h13,16H,5-12,14H2,1-4H3,(H,20,21,23). The summed E-state index contributed by atoms with van der Waals surface area (Å²) < 4.78 is 0. The third-order valence-corrected chi connectivity index (χ3v) is 5.12. The van der Waals surface area contributed by atoms with Gasteiger partial charge >= 0.3 is 0 Å². The van der Waals surface area contributed by atoms with Crippen molar-refractivity contribution in [3.63, 3.8) is 0 Å². The second-order valence-corrected chi connectivity index (χ2v) is 7.77. The normalized spacial score (nSPS) is 12.0. The summed E-state index contributed by atoms with van der Waals surface area (Å²) in [5.74, 6) is -0.0152. The van der Waals surface area contributed by atoms with Crippen molar-refractivity contribution in [2.24, 2.45) is 5.92 Å². The number of nitrogens with one attached hydrogen (secondary N) is 1. The molecule has 5 nitrogen and oxygen atoms in total. The van der Waals surface area contributed by atoms with E-state index in [0.29, 0.717) is 11.7 Å². The highest BCUT2D eigenvalue weighted by atomic mass is 32.1. The van der Waals surface area contributed by atoms with Crippen molar-refractivity contribution in [1.29, 1.82) is 0 Å². The third-order valence-electron chi connectivity index (χ3n) is 4.29. The SMILES string of the molecule is CCCCCN(CC(=O)Nc1ncc(C)s1)C(=O)C(CC)CCCC. The summed E-state index contributed by atoms with van der Waals surface area (Å²) in [5.41, 5.74) is 0. The molecule has 0 radical (unpaired) electrons. The number of thiazole rings is 1. The van der Waals surface area contributed by atoms with Crippen LogP contribution in [-0.4, -0.2) is 34.8 Å². The van der Waals surface area contributed by atoms with Crippen LogP contribution in [0.4, 0.5) is 5.13 Å². The Labute approximate surface area is 156 Å². The van der Waals surface area contributed by atoms with Gasteiger partial charge in [0, 0.05) is 23.5 Å². The van der Waals surface area contributed by atoms with Crippen molar-refractivity contribution in [2.45, 2.75) is 72.6 Å². The van der Waals surface area contributed by atoms with E-state index in [1.165, 1.54) is 11.3 Å². The summed E-state index contributed by atoms with van der Waals surface area (Å²) in [6, 6.07) is 0. The van der Waals surface area contributed by atoms with Crippen molar-refractivity contribution in [1.82, 2.24) is 9.88 Å². The van der Waals surface area contributed by atoms with Gasteiger partial charge in [0.15, 0.2) is 5.13 Å². The second-order valence-electron chi connectivity index (χ2n) is 6.54. The average molecular weight is 368 g/mol. The fraction of sp³-hybridized carbons (Fsp3) is 0.737. The van der Waals surface area contributed by atoms with Crippen LogP contribution in [0.1, 0.15) is 70.6 Å². The monoisotopic (exact) mass is 367 g/mol. The summed E-state index contributed by atoms with van der Waals surface area (Å²) in [5, 5.41) is 3.41. The van der Waals surface area contributed by atoms with Gasteiger partial charge in [-0.05, 0) is 26.2 Å². The first-order chi connectivity index (χ1) is 12.0. The molecule has 0 aliphatic carbocycles. The number of nitrogens with zero attached hydrogens (tertiary/aromatic N) is 2. The van der Waals surface area contributed by atoms with E-state index in [1.54, 1.807) is 11.1 Å². The second kappa shape index (κ2) is 12.0. The van der Waals surface area contributed by atoms with Gasteiger partial charge in [-0.25, -0.2) is 4.98 Å². The van der Waals surface area contributed by atoms with E-state index in [-0.39, 0.29) is 24.3 Å². The molecule has 6 heteroatoms. The number of hydrogen-bond donors (Lipinski definition) is 1. The van der Waals surface area contributed by atoms with Gasteiger partial charge in [-0.1, -0.05) is 46.5 Å². The van der Waals surface area contributed by atoms with Crippen LogP contribution in [-0.2, 0) is 9.59 Å². The highest BCUT2D eigenvalue weighted by Crippen LogP contribution is 2.18. The molecule has 0 saturated carbocycles. The quantitative estimate of drug-likeness (QED) is 0.548. The molecule has 1 rings (SSSR count). The molecule has 0 aromatic carbocycles. The maximum atomic E-state index is 12.9. The van der Waals surface area contributed by atoms with Crippen molar-refractivity contribution >= 4 is 28.3 Å². The lowest BCUT2D eigenvalue weighted by Crippen LogP contribution is -2.41. The Kier molecular flexibility index (Phi) is 10.4. The van der Waals surface area contributed by atoms with Crippen molar-refractivity contribution < 1.29 is 9.59 Å². The molecule has 1 atom stereocenters. The Hall–Kier alpha value is -1.43. The van der Waals surface area contributed by atoms with Crippen molar-refractivity contribution in [3.8, 4) is 0 Å². The first kappa shape index (κ1) is 21.6. The van der Waals surface area contributed by atoms with E-state index in [1.807, 2.05) is 6.92 Å². The van der Waals surface area contributed by atoms with Gasteiger partial charge in [0.25, 0.3) is 0 Å². The van der Waals surface area contributed by atoms with E-state index in [4.69, 9.17) is 0 Å². The molecule has 1 aromatic rings. The van der Waals surface area contributed by atoms with Crippen LogP contribution >= 0.6 is 11.3 Å². The number of carbonyl (C=O) groups excluding carboxylic acids is 2. The topological polar surface area (TPSA) is 62.3 Å². The van der Waals surface area contributed by atoms with Gasteiger partial charge in [0.2, 0.25) is 11.8 Å². The van der Waals surface area contributed by atoms with Crippen LogP contribution in [0.2, 0.25) is 0 Å². The molecule has 0 aliphatic heterocycles. The third kappa shape index (κ3) is 7.99. The number of carbonyl (C=O) groups is 2. The molecule has 1 aromatic heterocycles. The van der Waals surface area contributed by atoms with Gasteiger partial charge in [0.05, 0.1) is 6.54 Å². The lowest BCUT2D eigenvalue weighted by Gasteiger charge is -2.26. The zero-order valence-corrected chi connectivity index (χ0v) is 17.0. The van der Waals surface area contributed by atoms with Crippen molar-refractivity contribution in [2.75, 3.05) is 18.4 Å². The number of aromatic nitrogens is 1. The van der Waals surface area contributed by atoms with Crippen LogP contribution in [0.3, 0.4) is 0 Å². The van der Waals surface area contributed by atoms with Crippen LogP contribution in [0.5, 0.6) is 0 Å². The van der Waals surface area contributed by atoms with E-state index in [0.717, 1.165) is 49.8 Å². The maximum absolute atomic E-state index is 12.9. The molecule has 0 bridgehead atoms. The van der Waals surface area contributed by atoms with Crippen molar-refractivity contribution in [3.05, 3.63) is 11.1 Å². The summed E-state index contributed by atoms with van der Waals surface area (Å²) in [4.78, 5) is 32.2. The van der Waals surface area contributed by atoms with E-state index < -0.39 is 0 Å². The lowest BCUT2D eigenvalue weighted by molar-refractivity contribution is -0.138. The smallest absolute Gasteiger partial charge is 0.245 e. The maximum Gasteiger partial charge on any atom is 0.245 e. The van der Waals surface area contributed by atoms with Crippen LogP contribution in [0, 0.1) is 12.8 Å². The summed E-state index contributed by atoms with van der Waals surface area (Å²) >= 11 is 1.45. The average Bonchev–Trinajstić information content (AvgIpc) is 2.99. The van der Waals surface area contributed by atoms with Gasteiger partial charge in [0.1, 0.15) is 0 Å². The molecular weight excluding hydrogens is 334 g/mol. The van der Waals surface area contributed by atoms with E-state index >= 15 is 0 Å². The minimum Gasteiger partial charge on any atom is -0.333 e. The first-order valence-electron chi connectivity index (χ1n) is 9.52. The molecule has 25 heavy (non-hydrogen) atoms. The first-order valence-corrected chi connectivity index (χ1v) is 10.3. The summed E-state index contributed by atoms with van der Waals surface area (Å²) in [6.45, 7) is 9.05. The Bertz CT molecular complexity index is 530. The lowest BCUT2D eigenvalue weighted by atomic mass is 9.97. The number of amides is 2. The number of anilines is 1. The Morgan fingerprint density at radius 3 is 2.48 bits per heavy atom. The molecule has 0 aliphatic rings. The predicted molar refractivity (Wildman–Crippen MR) is 105 cm³/mol. The van der Waals surface area contributed by atoms with E-state index in [9.17, 15) is 9.59 Å². The Balaban J connectivity index is 2.69. The molecule has 1 unspecified atom stereocenters. The zero-order valence-electron chi connectivity index (χ0n) is 16.1. The molecule has 0 fully saturated rings. The van der Waals surface area contributed by atoms with Crippen LogP contribution in [0.25, 0.3) is 0 Å². The van der Waals surface area contributed by atoms with Gasteiger partial charge < -0.3 is 10.2 Å². The molecule has 142 valence electrons. The van der Waals surface area contributed by atoms with Crippen LogP contribution in [0.15, 0.2) is 6.20 Å². The van der Waals surface area contributed by atoms with Gasteiger partial charge in [-0.15, -0.1) is 11.3 Å². The van der Waals surface area contributed by atoms with E-state index in [2.05, 4.69) is 31.1 Å². The molecule has 1 heterocycles.